The summed E-state index contributed by atoms with van der Waals surface area (Å²) in [4.78, 5) is 0. The molecule has 0 spiro atoms. The van der Waals surface area contributed by atoms with E-state index in [0.717, 1.165) is 0 Å². The first-order valence-corrected chi connectivity index (χ1v) is 1.32. The van der Waals surface area contributed by atoms with Crippen LogP contribution in [0.15, 0.2) is 0 Å². The van der Waals surface area contributed by atoms with Gasteiger partial charge in [-0.2, -0.15) is 0 Å². The van der Waals surface area contributed by atoms with Crippen molar-refractivity contribution in [3.05, 3.63) is 0 Å². The molecule has 0 aliphatic carbocycles. The molecule has 0 aromatic heterocycles. The zero-order chi connectivity index (χ0) is 3.41. The van der Waals surface area contributed by atoms with Crippen molar-refractivity contribution in [1.29, 1.82) is 0 Å². The summed E-state index contributed by atoms with van der Waals surface area (Å²) in [6.07, 6.45) is 0. The van der Waals surface area contributed by atoms with Crippen LogP contribution in [-0.2, 0) is 19.5 Å². The fraction of sp³-hybridized carbons (Fsp3) is 1.00. The summed E-state index contributed by atoms with van der Waals surface area (Å²) in [6, 6.07) is 0. The summed E-state index contributed by atoms with van der Waals surface area (Å²) in [5, 5.41) is 0. The van der Waals surface area contributed by atoms with Crippen molar-refractivity contribution < 1.29 is 19.5 Å². The summed E-state index contributed by atoms with van der Waals surface area (Å²) in [5.41, 5.74) is 9.81. The Labute approximate surface area is 44.7 Å². The van der Waals surface area contributed by atoms with Gasteiger partial charge in [0.05, 0.1) is 0 Å². The Balaban J connectivity index is 0. The van der Waals surface area contributed by atoms with Crippen molar-refractivity contribution in [2.24, 2.45) is 11.5 Å². The van der Waals surface area contributed by atoms with Crippen molar-refractivity contribution in [2.75, 3.05) is 13.1 Å². The fourth-order valence-corrected chi connectivity index (χ4v) is 0. The number of hydrogen-bond donors (Lipinski definition) is 2. The SMILES string of the molecule is NCCN.[Rh]. The summed E-state index contributed by atoms with van der Waals surface area (Å²) < 4.78 is 0. The molecule has 4 N–H and O–H groups in total. The molecule has 0 atom stereocenters. The van der Waals surface area contributed by atoms with E-state index in [1.165, 1.54) is 0 Å². The molecule has 1 radical (unpaired) electrons. The van der Waals surface area contributed by atoms with E-state index in [2.05, 4.69) is 0 Å². The van der Waals surface area contributed by atoms with E-state index in [-0.39, 0.29) is 19.5 Å². The van der Waals surface area contributed by atoms with E-state index in [0.29, 0.717) is 13.1 Å². The Hall–Kier alpha value is 0.543. The minimum Gasteiger partial charge on any atom is -0.329 e. The second-order valence-corrected chi connectivity index (χ2v) is 0.577. The monoisotopic (exact) mass is 163 g/mol. The maximum absolute atomic E-state index is 4.90. The molecule has 0 fully saturated rings. The summed E-state index contributed by atoms with van der Waals surface area (Å²) in [6.45, 7) is 1.19. The molecule has 0 saturated heterocycles. The topological polar surface area (TPSA) is 52.0 Å². The number of hydrogen-bond acceptors (Lipinski definition) is 2. The van der Waals surface area contributed by atoms with E-state index in [9.17, 15) is 0 Å². The van der Waals surface area contributed by atoms with E-state index in [1.54, 1.807) is 0 Å². The van der Waals surface area contributed by atoms with Crippen LogP contribution in [0.1, 0.15) is 0 Å². The van der Waals surface area contributed by atoms with Crippen LogP contribution in [0.2, 0.25) is 0 Å². The molecule has 0 aliphatic rings. The normalized spacial score (nSPS) is 6.00. The number of rotatable bonds is 1. The molecular formula is C2H8N2Rh. The fourth-order valence-electron chi connectivity index (χ4n) is 0. The third-order valence-electron chi connectivity index (χ3n) is 0.167. The van der Waals surface area contributed by atoms with Crippen LogP contribution in [-0.4, -0.2) is 13.1 Å². The van der Waals surface area contributed by atoms with Gasteiger partial charge in [0.15, 0.2) is 0 Å². The molecule has 0 heterocycles. The van der Waals surface area contributed by atoms with Gasteiger partial charge in [0, 0.05) is 32.6 Å². The molecule has 5 heavy (non-hydrogen) atoms. The second kappa shape index (κ2) is 8.82. The van der Waals surface area contributed by atoms with Crippen LogP contribution in [0.25, 0.3) is 0 Å². The predicted molar refractivity (Wildman–Crippen MR) is 18.1 cm³/mol. The van der Waals surface area contributed by atoms with Gasteiger partial charge in [-0.05, 0) is 0 Å². The van der Waals surface area contributed by atoms with Crippen LogP contribution in [0, 0.1) is 0 Å². The molecule has 2 nitrogen and oxygen atoms in total. The molecule has 0 rings (SSSR count). The van der Waals surface area contributed by atoms with Gasteiger partial charge in [-0.3, -0.25) is 0 Å². The Kier molecular flexibility index (Phi) is 16.1. The van der Waals surface area contributed by atoms with Gasteiger partial charge in [0.1, 0.15) is 0 Å². The van der Waals surface area contributed by atoms with E-state index in [4.69, 9.17) is 11.5 Å². The Morgan fingerprint density at radius 1 is 1.00 bits per heavy atom. The van der Waals surface area contributed by atoms with Crippen LogP contribution in [0.3, 0.4) is 0 Å². The first kappa shape index (κ1) is 9.11. The zero-order valence-electron chi connectivity index (χ0n) is 2.90. The third-order valence-corrected chi connectivity index (χ3v) is 0.167. The van der Waals surface area contributed by atoms with E-state index in [1.807, 2.05) is 0 Å². The third kappa shape index (κ3) is 12.3. The van der Waals surface area contributed by atoms with Crippen molar-refractivity contribution in [3.63, 3.8) is 0 Å². The first-order valence-electron chi connectivity index (χ1n) is 1.32. The van der Waals surface area contributed by atoms with Crippen LogP contribution >= 0.6 is 0 Å². The van der Waals surface area contributed by atoms with Crippen molar-refractivity contribution in [1.82, 2.24) is 0 Å². The standard InChI is InChI=1S/C2H8N2.Rh/c3-1-2-4;/h1-4H2;. The molecule has 0 saturated carbocycles. The van der Waals surface area contributed by atoms with Crippen LogP contribution < -0.4 is 11.5 Å². The van der Waals surface area contributed by atoms with Gasteiger partial charge in [-0.1, -0.05) is 0 Å². The van der Waals surface area contributed by atoms with Gasteiger partial charge < -0.3 is 11.5 Å². The van der Waals surface area contributed by atoms with Crippen LogP contribution in [0.4, 0.5) is 0 Å². The Morgan fingerprint density at radius 2 is 1.20 bits per heavy atom. The van der Waals surface area contributed by atoms with E-state index < -0.39 is 0 Å². The van der Waals surface area contributed by atoms with Gasteiger partial charge in [-0.25, -0.2) is 0 Å². The summed E-state index contributed by atoms with van der Waals surface area (Å²) in [5.74, 6) is 0. The smallest absolute Gasteiger partial charge is 0.00461 e. The van der Waals surface area contributed by atoms with Gasteiger partial charge >= 0.3 is 0 Å². The quantitative estimate of drug-likeness (QED) is 0.482. The Morgan fingerprint density at radius 3 is 1.20 bits per heavy atom. The van der Waals surface area contributed by atoms with Gasteiger partial charge in [0.25, 0.3) is 0 Å². The molecule has 0 aliphatic heterocycles. The molecule has 3 heteroatoms. The molecule has 0 aromatic rings. The molecular weight excluding hydrogens is 155 g/mol. The Bertz CT molecular complexity index is 9.61. The minimum atomic E-state index is 0. The predicted octanol–water partition coefficient (Wildman–Crippen LogP) is -1.10. The molecule has 35 valence electrons. The molecule has 0 aromatic carbocycles. The number of nitrogens with two attached hydrogens (primary N) is 2. The molecule has 0 bridgehead atoms. The van der Waals surface area contributed by atoms with Crippen molar-refractivity contribution in [3.8, 4) is 0 Å². The summed E-state index contributed by atoms with van der Waals surface area (Å²) in [7, 11) is 0. The maximum atomic E-state index is 4.90. The minimum absolute atomic E-state index is 0. The van der Waals surface area contributed by atoms with Gasteiger partial charge in [0.2, 0.25) is 0 Å². The first-order chi connectivity index (χ1) is 1.91. The maximum Gasteiger partial charge on any atom is 0.00461 e. The summed E-state index contributed by atoms with van der Waals surface area (Å²) >= 11 is 0. The average molecular weight is 163 g/mol. The zero-order valence-corrected chi connectivity index (χ0v) is 4.54. The van der Waals surface area contributed by atoms with Gasteiger partial charge in [-0.15, -0.1) is 0 Å². The van der Waals surface area contributed by atoms with Crippen LogP contribution in [0.5, 0.6) is 0 Å². The average Bonchev–Trinajstić information content (AvgIpc) is 1.37. The van der Waals surface area contributed by atoms with Crippen molar-refractivity contribution in [2.45, 2.75) is 0 Å². The second-order valence-electron chi connectivity index (χ2n) is 0.577. The van der Waals surface area contributed by atoms with E-state index >= 15 is 0 Å². The largest absolute Gasteiger partial charge is 0.329 e. The molecule has 0 unspecified atom stereocenters. The molecule has 0 amide bonds. The van der Waals surface area contributed by atoms with Crippen molar-refractivity contribution >= 4 is 0 Å².